The van der Waals surface area contributed by atoms with Gasteiger partial charge in [0.25, 0.3) is 0 Å². The normalized spacial score (nSPS) is 13.4. The van der Waals surface area contributed by atoms with Gasteiger partial charge in [-0.05, 0) is 12.8 Å². The molecule has 0 aliphatic heterocycles. The number of aliphatic hydroxyl groups is 2. The number of Topliss-reactive ketones (excluding diaryl/α,β-unsaturated/α-hetero) is 1. The molecular weight excluding hydrogens is 158 g/mol. The monoisotopic (exact) mass is 174 g/mol. The van der Waals surface area contributed by atoms with Crippen molar-refractivity contribution in [1.29, 1.82) is 0 Å². The van der Waals surface area contributed by atoms with E-state index in [9.17, 15) is 4.79 Å². The fourth-order valence-electron chi connectivity index (χ4n) is 0.949. The summed E-state index contributed by atoms with van der Waals surface area (Å²) >= 11 is 0. The van der Waals surface area contributed by atoms with E-state index in [2.05, 4.69) is 0 Å². The molecule has 4 N–H and O–H groups in total. The van der Waals surface area contributed by atoms with Gasteiger partial charge in [-0.1, -0.05) is 6.92 Å². The molecule has 0 heterocycles. The van der Waals surface area contributed by atoms with Gasteiger partial charge >= 0.3 is 0 Å². The lowest BCUT2D eigenvalue weighted by Gasteiger charge is -2.14. The molecule has 1 atom stereocenters. The van der Waals surface area contributed by atoms with Crippen molar-refractivity contribution in [3.63, 3.8) is 0 Å². The zero-order valence-corrected chi connectivity index (χ0v) is 7.29. The topological polar surface area (TPSA) is 83.5 Å². The summed E-state index contributed by atoms with van der Waals surface area (Å²) in [5.41, 5.74) is 5.15. The zero-order chi connectivity index (χ0) is 9.56. The summed E-state index contributed by atoms with van der Waals surface area (Å²) in [5.74, 6) is 0.462. The maximum absolute atomic E-state index is 11.0. The maximum Gasteiger partial charge on any atom is 0.153 e. The number of hydrogen-bond donors (Lipinski definition) is 3. The van der Waals surface area contributed by atoms with Crippen LogP contribution < -0.4 is 5.73 Å². The zero-order valence-electron chi connectivity index (χ0n) is 7.29. The summed E-state index contributed by atoms with van der Waals surface area (Å²) in [5, 5.41) is 17.6. The highest BCUT2D eigenvalue weighted by Gasteiger charge is 2.18. The second-order valence-electron chi connectivity index (χ2n) is 2.62. The van der Waals surface area contributed by atoms with E-state index in [0.29, 0.717) is 12.3 Å². The second-order valence-corrected chi connectivity index (χ2v) is 2.62. The quantitative estimate of drug-likeness (QED) is 0.494. The smallest absolute Gasteiger partial charge is 0.153 e. The molecule has 0 aromatic heterocycles. The van der Waals surface area contributed by atoms with E-state index in [0.717, 1.165) is 0 Å². The molecule has 0 aromatic carbocycles. The fourth-order valence-corrected chi connectivity index (χ4v) is 0.949. The number of hydrogen-bond acceptors (Lipinski definition) is 4. The third-order valence-corrected chi connectivity index (χ3v) is 1.70. The predicted octanol–water partition coefficient (Wildman–Crippen LogP) is -0.758. The molecule has 0 amide bonds. The molecule has 0 aliphatic rings. The van der Waals surface area contributed by atoms with Crippen LogP contribution in [-0.4, -0.2) is 35.3 Å². The van der Waals surface area contributed by atoms with Crippen LogP contribution in [0, 0.1) is 5.92 Å². The van der Waals surface area contributed by atoms with Crippen molar-refractivity contribution < 1.29 is 15.0 Å². The van der Waals surface area contributed by atoms with Crippen molar-refractivity contribution in [2.45, 2.75) is 25.9 Å². The van der Waals surface area contributed by atoms with Crippen molar-refractivity contribution >= 4 is 5.78 Å². The third-order valence-electron chi connectivity index (χ3n) is 1.70. The first kappa shape index (κ1) is 11.6. The van der Waals surface area contributed by atoms with Crippen LogP contribution in [0.5, 0.6) is 0 Å². The first-order valence-electron chi connectivity index (χ1n) is 4.02. The Bertz CT molecular complexity index is 138. The van der Waals surface area contributed by atoms with Gasteiger partial charge < -0.3 is 15.9 Å². The molecule has 0 fully saturated rings. The Morgan fingerprint density at radius 2 is 2.17 bits per heavy atom. The average molecular weight is 174 g/mol. The minimum absolute atomic E-state index is 0.0265. The molecule has 1 unspecified atom stereocenters. The Morgan fingerprint density at radius 3 is 2.50 bits per heavy atom. The van der Waals surface area contributed by atoms with E-state index in [1.54, 1.807) is 0 Å². The van der Waals surface area contributed by atoms with Crippen molar-refractivity contribution in [2.75, 3.05) is 13.2 Å². The van der Waals surface area contributed by atoms with Gasteiger partial charge in [0.15, 0.2) is 5.78 Å². The third kappa shape index (κ3) is 3.80. The molecule has 0 saturated heterocycles. The van der Waals surface area contributed by atoms with E-state index >= 15 is 0 Å². The van der Waals surface area contributed by atoms with Crippen molar-refractivity contribution in [3.05, 3.63) is 5.92 Å². The molecular formula is C8H16NO3. The molecule has 0 saturated carbocycles. The minimum atomic E-state index is -0.838. The molecule has 0 bridgehead atoms. The van der Waals surface area contributed by atoms with Crippen molar-refractivity contribution in [3.8, 4) is 0 Å². The van der Waals surface area contributed by atoms with Gasteiger partial charge in [0.1, 0.15) is 0 Å². The highest BCUT2D eigenvalue weighted by Crippen LogP contribution is 2.14. The summed E-state index contributed by atoms with van der Waals surface area (Å²) in [6.45, 7) is 1.48. The van der Waals surface area contributed by atoms with Gasteiger partial charge in [0.05, 0.1) is 19.3 Å². The lowest BCUT2D eigenvalue weighted by molar-refractivity contribution is -0.116. The molecule has 1 radical (unpaired) electrons. The number of carbonyl (C=O) groups excluding carboxylic acids is 1. The van der Waals surface area contributed by atoms with Crippen LogP contribution in [0.1, 0.15) is 19.8 Å². The first-order valence-corrected chi connectivity index (χ1v) is 4.02. The van der Waals surface area contributed by atoms with Crippen LogP contribution in [0.25, 0.3) is 0 Å². The summed E-state index contributed by atoms with van der Waals surface area (Å²) in [6, 6.07) is 0. The van der Waals surface area contributed by atoms with E-state index in [1.807, 2.05) is 6.92 Å². The standard InChI is InChI=1S/C8H16NO3/c1-2-6(8(12)4-9)3-7(11)5-10/h7,10-11H,2-5,9H2,1H3. The van der Waals surface area contributed by atoms with Crippen LogP contribution in [-0.2, 0) is 4.79 Å². The van der Waals surface area contributed by atoms with Gasteiger partial charge in [-0.3, -0.25) is 4.79 Å². The number of nitrogens with two attached hydrogens (primary N) is 1. The molecule has 0 rings (SSSR count). The van der Waals surface area contributed by atoms with Gasteiger partial charge in [0, 0.05) is 5.92 Å². The minimum Gasteiger partial charge on any atom is -0.394 e. The van der Waals surface area contributed by atoms with Gasteiger partial charge in [0.2, 0.25) is 0 Å². The maximum atomic E-state index is 11.0. The summed E-state index contributed by atoms with van der Waals surface area (Å²) in [6.07, 6.45) is -0.0358. The van der Waals surface area contributed by atoms with Crippen molar-refractivity contribution in [2.24, 2.45) is 5.73 Å². The number of aliphatic hydroxyl groups excluding tert-OH is 2. The van der Waals surface area contributed by atoms with E-state index in [4.69, 9.17) is 15.9 Å². The lowest BCUT2D eigenvalue weighted by atomic mass is 9.94. The van der Waals surface area contributed by atoms with Crippen molar-refractivity contribution in [1.82, 2.24) is 0 Å². The molecule has 71 valence electrons. The Labute approximate surface area is 72.4 Å². The molecule has 4 nitrogen and oxygen atoms in total. The highest BCUT2D eigenvalue weighted by molar-refractivity contribution is 5.93. The summed E-state index contributed by atoms with van der Waals surface area (Å²) in [4.78, 5) is 11.0. The van der Waals surface area contributed by atoms with Crippen LogP contribution in [0.4, 0.5) is 0 Å². The number of carbonyl (C=O) groups is 1. The van der Waals surface area contributed by atoms with E-state index in [-0.39, 0.29) is 25.4 Å². The molecule has 0 spiro atoms. The molecule has 0 aromatic rings. The average Bonchev–Trinajstić information content (AvgIpc) is 2.12. The van der Waals surface area contributed by atoms with Crippen LogP contribution in [0.2, 0.25) is 0 Å². The SMILES string of the molecule is CC[C](CC(O)CO)C(=O)CN. The van der Waals surface area contributed by atoms with Crippen LogP contribution >= 0.6 is 0 Å². The predicted molar refractivity (Wildman–Crippen MR) is 45.3 cm³/mol. The van der Waals surface area contributed by atoms with Gasteiger partial charge in [-0.2, -0.15) is 0 Å². The van der Waals surface area contributed by atoms with Crippen LogP contribution in [0.15, 0.2) is 0 Å². The van der Waals surface area contributed by atoms with Gasteiger partial charge in [-0.15, -0.1) is 0 Å². The van der Waals surface area contributed by atoms with E-state index in [1.165, 1.54) is 0 Å². The Hall–Kier alpha value is -0.450. The first-order chi connectivity index (χ1) is 5.65. The second kappa shape index (κ2) is 6.11. The fraction of sp³-hybridized carbons (Fsp3) is 0.750. The lowest BCUT2D eigenvalue weighted by Crippen LogP contribution is -2.26. The number of ketones is 1. The molecule has 4 heteroatoms. The van der Waals surface area contributed by atoms with Crippen LogP contribution in [0.3, 0.4) is 0 Å². The largest absolute Gasteiger partial charge is 0.394 e. The van der Waals surface area contributed by atoms with Gasteiger partial charge in [-0.25, -0.2) is 0 Å². The Morgan fingerprint density at radius 1 is 1.58 bits per heavy atom. The highest BCUT2D eigenvalue weighted by atomic mass is 16.3. The van der Waals surface area contributed by atoms with E-state index < -0.39 is 6.10 Å². The Balaban J connectivity index is 3.90. The number of rotatable bonds is 6. The molecule has 0 aliphatic carbocycles. The Kier molecular flexibility index (Phi) is 5.88. The molecule has 12 heavy (non-hydrogen) atoms. The summed E-state index contributed by atoms with van der Waals surface area (Å²) in [7, 11) is 0. The summed E-state index contributed by atoms with van der Waals surface area (Å²) < 4.78 is 0.